The van der Waals surface area contributed by atoms with Crippen molar-refractivity contribution in [3.05, 3.63) is 87.7 Å². The predicted molar refractivity (Wildman–Crippen MR) is 129 cm³/mol. The number of ketones is 1. The molecule has 0 aliphatic rings. The van der Waals surface area contributed by atoms with Crippen molar-refractivity contribution < 1.29 is 9.59 Å². The van der Waals surface area contributed by atoms with Gasteiger partial charge in [-0.05, 0) is 38.0 Å². The van der Waals surface area contributed by atoms with E-state index in [1.165, 1.54) is 0 Å². The molecule has 0 saturated carbocycles. The monoisotopic (exact) mass is 449 g/mol. The van der Waals surface area contributed by atoms with Gasteiger partial charge in [-0.2, -0.15) is 5.10 Å². The van der Waals surface area contributed by atoms with E-state index in [1.807, 2.05) is 70.2 Å². The van der Waals surface area contributed by atoms with Crippen LogP contribution >= 0.6 is 11.6 Å². The molecule has 3 rings (SSSR count). The van der Waals surface area contributed by atoms with Crippen LogP contribution < -0.4 is 5.32 Å². The molecule has 1 heterocycles. The van der Waals surface area contributed by atoms with Crippen LogP contribution in [0, 0.1) is 19.8 Å². The topological polar surface area (TPSA) is 64.0 Å². The summed E-state index contributed by atoms with van der Waals surface area (Å²) in [6.07, 6.45) is 1.66. The van der Waals surface area contributed by atoms with E-state index in [1.54, 1.807) is 22.9 Å². The molecule has 1 amide bonds. The number of nitrogens with one attached hydrogen (secondary N) is 1. The van der Waals surface area contributed by atoms with E-state index < -0.39 is 0 Å². The molecule has 3 aromatic rings. The van der Waals surface area contributed by atoms with Gasteiger partial charge in [-0.15, -0.1) is 0 Å². The third-order valence-corrected chi connectivity index (χ3v) is 5.42. The highest BCUT2D eigenvalue weighted by Crippen LogP contribution is 2.27. The maximum Gasteiger partial charge on any atom is 0.247 e. The molecule has 5 nitrogen and oxygen atoms in total. The van der Waals surface area contributed by atoms with Gasteiger partial charge in [-0.25, -0.2) is 4.68 Å². The van der Waals surface area contributed by atoms with Crippen molar-refractivity contribution in [3.63, 3.8) is 0 Å². The van der Waals surface area contributed by atoms with Crippen LogP contribution in [0.2, 0.25) is 5.15 Å². The second-order valence-electron chi connectivity index (χ2n) is 8.28. The van der Waals surface area contributed by atoms with Gasteiger partial charge in [0, 0.05) is 29.7 Å². The van der Waals surface area contributed by atoms with Crippen molar-refractivity contribution in [2.75, 3.05) is 6.54 Å². The Balaban J connectivity index is 1.97. The summed E-state index contributed by atoms with van der Waals surface area (Å²) in [4.78, 5) is 25.9. The smallest absolute Gasteiger partial charge is 0.247 e. The lowest BCUT2D eigenvalue weighted by Gasteiger charge is -2.11. The zero-order valence-electron chi connectivity index (χ0n) is 18.9. The maximum absolute atomic E-state index is 13.0. The van der Waals surface area contributed by atoms with Gasteiger partial charge in [0.25, 0.3) is 0 Å². The lowest BCUT2D eigenvalue weighted by Crippen LogP contribution is -2.29. The molecule has 0 spiro atoms. The Hall–Kier alpha value is -3.18. The molecule has 166 valence electrons. The first-order valence-electron chi connectivity index (χ1n) is 10.7. The minimum atomic E-state index is -0.276. The Kier molecular flexibility index (Phi) is 7.65. The molecule has 0 unspecified atom stereocenters. The summed E-state index contributed by atoms with van der Waals surface area (Å²) in [5.74, 6) is -0.110. The molecule has 32 heavy (non-hydrogen) atoms. The zero-order valence-corrected chi connectivity index (χ0v) is 19.6. The average Bonchev–Trinajstić information content (AvgIpc) is 3.06. The van der Waals surface area contributed by atoms with Crippen LogP contribution in [-0.4, -0.2) is 28.0 Å². The Labute approximate surface area is 194 Å². The van der Waals surface area contributed by atoms with Gasteiger partial charge >= 0.3 is 0 Å². The van der Waals surface area contributed by atoms with E-state index in [0.717, 1.165) is 11.3 Å². The normalized spacial score (nSPS) is 11.6. The van der Waals surface area contributed by atoms with Gasteiger partial charge in [0.2, 0.25) is 5.91 Å². The quantitative estimate of drug-likeness (QED) is 0.361. The van der Waals surface area contributed by atoms with Gasteiger partial charge in [0.1, 0.15) is 5.15 Å². The van der Waals surface area contributed by atoms with E-state index in [4.69, 9.17) is 11.6 Å². The summed E-state index contributed by atoms with van der Waals surface area (Å²) in [6, 6.07) is 16.9. The Morgan fingerprint density at radius 1 is 1.06 bits per heavy atom. The fourth-order valence-corrected chi connectivity index (χ4v) is 3.54. The molecule has 0 fully saturated rings. The van der Waals surface area contributed by atoms with E-state index in [2.05, 4.69) is 10.4 Å². The fourth-order valence-electron chi connectivity index (χ4n) is 3.21. The van der Waals surface area contributed by atoms with Crippen LogP contribution in [0.1, 0.15) is 47.4 Å². The lowest BCUT2D eigenvalue weighted by molar-refractivity contribution is -0.117. The summed E-state index contributed by atoms with van der Waals surface area (Å²) < 4.78 is 1.63. The average molecular weight is 450 g/mol. The highest BCUT2D eigenvalue weighted by molar-refractivity contribution is 6.31. The first-order chi connectivity index (χ1) is 15.3. The number of aryl methyl sites for hydroxylation is 2. The summed E-state index contributed by atoms with van der Waals surface area (Å²) in [5, 5.41) is 7.85. The first kappa shape index (κ1) is 23.5. The largest absolute Gasteiger partial charge is 0.352 e. The minimum absolute atomic E-state index is 0.0285. The van der Waals surface area contributed by atoms with Gasteiger partial charge in [0.15, 0.2) is 5.78 Å². The van der Waals surface area contributed by atoms with Crippen LogP contribution in [-0.2, 0) is 4.79 Å². The molecular weight excluding hydrogens is 422 g/mol. The van der Waals surface area contributed by atoms with Gasteiger partial charge in [0.05, 0.1) is 11.4 Å². The van der Waals surface area contributed by atoms with Crippen molar-refractivity contribution >= 4 is 29.4 Å². The molecule has 1 aromatic heterocycles. The van der Waals surface area contributed by atoms with Crippen LogP contribution in [0.3, 0.4) is 0 Å². The van der Waals surface area contributed by atoms with Crippen LogP contribution in [0.25, 0.3) is 11.8 Å². The summed E-state index contributed by atoms with van der Waals surface area (Å²) >= 11 is 6.65. The first-order valence-corrected chi connectivity index (χ1v) is 11.0. The minimum Gasteiger partial charge on any atom is -0.352 e. The standard InChI is InChI=1S/C26H28ClN3O2/c1-17(2)16-28-26(32)21(15-24(31)20-12-10-18(3)11-13-20)14-23-19(4)29-30(25(23)27)22-8-6-5-7-9-22/h5-14,17H,15-16H2,1-4H3,(H,28,32). The second kappa shape index (κ2) is 10.4. The maximum atomic E-state index is 13.0. The molecule has 2 aromatic carbocycles. The number of halogens is 1. The van der Waals surface area contributed by atoms with Crippen molar-refractivity contribution in [1.29, 1.82) is 0 Å². The van der Waals surface area contributed by atoms with E-state index >= 15 is 0 Å². The molecular formula is C26H28ClN3O2. The van der Waals surface area contributed by atoms with Crippen molar-refractivity contribution in [3.8, 4) is 5.69 Å². The number of carbonyl (C=O) groups is 2. The number of hydrogen-bond donors (Lipinski definition) is 1. The number of carbonyl (C=O) groups excluding carboxylic acids is 2. The number of rotatable bonds is 8. The van der Waals surface area contributed by atoms with Crippen molar-refractivity contribution in [1.82, 2.24) is 15.1 Å². The molecule has 0 saturated heterocycles. The van der Waals surface area contributed by atoms with Crippen LogP contribution in [0.4, 0.5) is 0 Å². The van der Waals surface area contributed by atoms with Crippen LogP contribution in [0.5, 0.6) is 0 Å². The Morgan fingerprint density at radius 2 is 1.72 bits per heavy atom. The molecule has 0 bridgehead atoms. The number of Topliss-reactive ketones (excluding diaryl/α,β-unsaturated/α-hetero) is 1. The molecule has 0 aliphatic heterocycles. The van der Waals surface area contributed by atoms with Crippen LogP contribution in [0.15, 0.2) is 60.2 Å². The molecule has 6 heteroatoms. The summed E-state index contributed by atoms with van der Waals surface area (Å²) in [5.41, 5.74) is 4.12. The van der Waals surface area contributed by atoms with Gasteiger partial charge in [-0.3, -0.25) is 9.59 Å². The highest BCUT2D eigenvalue weighted by atomic mass is 35.5. The summed E-state index contributed by atoms with van der Waals surface area (Å²) in [7, 11) is 0. The number of nitrogens with zero attached hydrogens (tertiary/aromatic N) is 2. The Bertz CT molecular complexity index is 1130. The van der Waals surface area contributed by atoms with Crippen molar-refractivity contribution in [2.24, 2.45) is 5.92 Å². The third kappa shape index (κ3) is 5.74. The number of aromatic nitrogens is 2. The highest BCUT2D eigenvalue weighted by Gasteiger charge is 2.19. The predicted octanol–water partition coefficient (Wildman–Crippen LogP) is 5.57. The molecule has 0 radical (unpaired) electrons. The number of amides is 1. The third-order valence-electron chi connectivity index (χ3n) is 5.05. The number of para-hydroxylation sites is 1. The van der Waals surface area contributed by atoms with Crippen molar-refractivity contribution in [2.45, 2.75) is 34.1 Å². The number of benzene rings is 2. The molecule has 0 aliphatic carbocycles. The van der Waals surface area contributed by atoms with Gasteiger partial charge in [-0.1, -0.05) is 73.5 Å². The number of hydrogen-bond acceptors (Lipinski definition) is 3. The fraction of sp³-hybridized carbons (Fsp3) is 0.269. The van der Waals surface area contributed by atoms with E-state index in [-0.39, 0.29) is 18.1 Å². The van der Waals surface area contributed by atoms with E-state index in [9.17, 15) is 9.59 Å². The van der Waals surface area contributed by atoms with E-state index in [0.29, 0.717) is 40.0 Å². The zero-order chi connectivity index (χ0) is 23.3. The molecule has 1 N–H and O–H groups in total. The summed E-state index contributed by atoms with van der Waals surface area (Å²) in [6.45, 7) is 8.36. The second-order valence-corrected chi connectivity index (χ2v) is 8.63. The molecule has 0 atom stereocenters. The lowest BCUT2D eigenvalue weighted by atomic mass is 9.99. The van der Waals surface area contributed by atoms with Gasteiger partial charge < -0.3 is 5.32 Å². The SMILES string of the molecule is Cc1ccc(C(=O)CC(=Cc2c(C)nn(-c3ccccc3)c2Cl)C(=O)NCC(C)C)cc1. The Morgan fingerprint density at radius 3 is 2.34 bits per heavy atom.